The van der Waals surface area contributed by atoms with Gasteiger partial charge in [-0.15, -0.1) is 0 Å². The predicted molar refractivity (Wildman–Crippen MR) is 104 cm³/mol. The van der Waals surface area contributed by atoms with Crippen LogP contribution in [0.5, 0.6) is 0 Å². The molecule has 0 aliphatic carbocycles. The summed E-state index contributed by atoms with van der Waals surface area (Å²) in [5, 5.41) is 13.7. The number of benzene rings is 2. The lowest BCUT2D eigenvalue weighted by Crippen LogP contribution is -2.47. The molecule has 1 aromatic heterocycles. The van der Waals surface area contributed by atoms with Gasteiger partial charge in [-0.2, -0.15) is 5.26 Å². The van der Waals surface area contributed by atoms with Crippen molar-refractivity contribution in [3.63, 3.8) is 0 Å². The summed E-state index contributed by atoms with van der Waals surface area (Å²) in [5.41, 5.74) is 3.01. The minimum Gasteiger partial charge on any atom is -0.381 e. The van der Waals surface area contributed by atoms with Gasteiger partial charge in [-0.25, -0.2) is 0 Å². The van der Waals surface area contributed by atoms with Gasteiger partial charge in [-0.05, 0) is 48.1 Å². The molecule has 1 aliphatic heterocycles. The fourth-order valence-corrected chi connectivity index (χ4v) is 3.74. The maximum atomic E-state index is 12.5. The first-order valence-corrected chi connectivity index (χ1v) is 9.15. The molecule has 2 aromatic carbocycles. The average Bonchev–Trinajstić information content (AvgIpc) is 2.73. The molecule has 3 aromatic rings. The summed E-state index contributed by atoms with van der Waals surface area (Å²) in [6.45, 7) is 1.81. The molecule has 2 heterocycles. The number of H-pyrrole nitrogens is 1. The van der Waals surface area contributed by atoms with Crippen molar-refractivity contribution in [3.8, 4) is 6.07 Å². The molecule has 0 amide bonds. The first kappa shape index (κ1) is 17.5. The normalized spacial score (nSPS) is 16.1. The lowest BCUT2D eigenvalue weighted by molar-refractivity contribution is 0.0357. The number of nitrogens with one attached hydrogen (secondary N) is 2. The molecule has 4 rings (SSSR count). The van der Waals surface area contributed by atoms with Crippen molar-refractivity contribution < 1.29 is 4.74 Å². The van der Waals surface area contributed by atoms with Crippen LogP contribution in [0.4, 0.5) is 0 Å². The third-order valence-electron chi connectivity index (χ3n) is 5.36. The van der Waals surface area contributed by atoms with Gasteiger partial charge in [0.25, 0.3) is 5.56 Å². The van der Waals surface area contributed by atoms with E-state index in [1.807, 2.05) is 54.6 Å². The monoisotopic (exact) mass is 359 g/mol. The second-order valence-corrected chi connectivity index (χ2v) is 6.95. The van der Waals surface area contributed by atoms with Crippen LogP contribution >= 0.6 is 0 Å². The van der Waals surface area contributed by atoms with Crippen LogP contribution in [0.2, 0.25) is 0 Å². The van der Waals surface area contributed by atoms with Crippen LogP contribution in [0.3, 0.4) is 0 Å². The second kappa shape index (κ2) is 7.36. The van der Waals surface area contributed by atoms with Gasteiger partial charge < -0.3 is 15.0 Å². The van der Waals surface area contributed by atoms with Gasteiger partial charge in [0.1, 0.15) is 0 Å². The van der Waals surface area contributed by atoms with Crippen LogP contribution < -0.4 is 10.9 Å². The van der Waals surface area contributed by atoms with E-state index in [-0.39, 0.29) is 11.1 Å². The quantitative estimate of drug-likeness (QED) is 0.750. The van der Waals surface area contributed by atoms with Crippen molar-refractivity contribution in [2.75, 3.05) is 13.2 Å². The van der Waals surface area contributed by atoms with Crippen LogP contribution in [-0.2, 0) is 16.8 Å². The third kappa shape index (κ3) is 3.50. The highest BCUT2D eigenvalue weighted by Gasteiger charge is 2.34. The second-order valence-electron chi connectivity index (χ2n) is 6.95. The van der Waals surface area contributed by atoms with Crippen molar-refractivity contribution in [3.05, 3.63) is 81.6 Å². The molecule has 0 radical (unpaired) electrons. The third-order valence-corrected chi connectivity index (χ3v) is 5.36. The zero-order valence-electron chi connectivity index (χ0n) is 15.0. The van der Waals surface area contributed by atoms with Crippen molar-refractivity contribution in [1.29, 1.82) is 5.26 Å². The van der Waals surface area contributed by atoms with Gasteiger partial charge in [0, 0.05) is 36.4 Å². The summed E-state index contributed by atoms with van der Waals surface area (Å²) >= 11 is 0. The van der Waals surface area contributed by atoms with Crippen molar-refractivity contribution in [2.45, 2.75) is 24.9 Å². The minimum absolute atomic E-state index is 0.0664. The zero-order valence-corrected chi connectivity index (χ0v) is 15.0. The number of fused-ring (bicyclic) bond motifs is 1. The summed E-state index contributed by atoms with van der Waals surface area (Å²) in [4.78, 5) is 15.4. The minimum atomic E-state index is -0.260. The Bertz CT molecular complexity index is 1040. The Morgan fingerprint density at radius 3 is 2.59 bits per heavy atom. The molecule has 5 nitrogen and oxygen atoms in total. The number of ether oxygens (including phenoxy) is 1. The lowest BCUT2D eigenvalue weighted by atomic mass is 9.82. The fourth-order valence-electron chi connectivity index (χ4n) is 3.74. The molecular weight excluding hydrogens is 338 g/mol. The van der Waals surface area contributed by atoms with E-state index < -0.39 is 0 Å². The number of pyridine rings is 1. The summed E-state index contributed by atoms with van der Waals surface area (Å²) in [6, 6.07) is 19.6. The molecule has 2 N–H and O–H groups in total. The van der Waals surface area contributed by atoms with Gasteiger partial charge in [0.2, 0.25) is 0 Å². The maximum absolute atomic E-state index is 12.5. The molecule has 1 fully saturated rings. The Kier molecular flexibility index (Phi) is 4.76. The maximum Gasteiger partial charge on any atom is 0.252 e. The average molecular weight is 359 g/mol. The molecule has 5 heteroatoms. The summed E-state index contributed by atoms with van der Waals surface area (Å²) in [6.07, 6.45) is 1.65. The van der Waals surface area contributed by atoms with Crippen molar-refractivity contribution in [1.82, 2.24) is 10.3 Å². The molecule has 1 aliphatic rings. The standard InChI is InChI=1S/C22H21N3O2/c23-14-16-5-7-19(8-6-16)22(9-11-27-12-10-22)24-15-18-13-17-3-1-2-4-20(17)25-21(18)26/h1-8,13,24H,9-12,15H2,(H,25,26). The molecule has 136 valence electrons. The first-order valence-electron chi connectivity index (χ1n) is 9.15. The van der Waals surface area contributed by atoms with E-state index in [0.29, 0.717) is 30.9 Å². The van der Waals surface area contributed by atoms with Crippen LogP contribution in [0.1, 0.15) is 29.5 Å². The van der Waals surface area contributed by atoms with Crippen LogP contribution in [0.15, 0.2) is 59.4 Å². The largest absolute Gasteiger partial charge is 0.381 e. The summed E-state index contributed by atoms with van der Waals surface area (Å²) in [5.74, 6) is 0. The Labute approximate surface area is 157 Å². The highest BCUT2D eigenvalue weighted by molar-refractivity contribution is 5.78. The Balaban J connectivity index is 1.64. The highest BCUT2D eigenvalue weighted by atomic mass is 16.5. The van der Waals surface area contributed by atoms with E-state index in [0.717, 1.165) is 29.3 Å². The van der Waals surface area contributed by atoms with E-state index in [1.165, 1.54) is 0 Å². The number of rotatable bonds is 4. The number of para-hydroxylation sites is 1. The lowest BCUT2D eigenvalue weighted by Gasteiger charge is -2.39. The fraction of sp³-hybridized carbons (Fsp3) is 0.273. The predicted octanol–water partition coefficient (Wildman–Crippen LogP) is 3.20. The highest BCUT2D eigenvalue weighted by Crippen LogP contribution is 2.32. The van der Waals surface area contributed by atoms with E-state index in [1.54, 1.807) is 0 Å². The number of hydrogen-bond donors (Lipinski definition) is 2. The van der Waals surface area contributed by atoms with Gasteiger partial charge in [-0.1, -0.05) is 30.3 Å². The van der Waals surface area contributed by atoms with E-state index in [4.69, 9.17) is 10.00 Å². The Morgan fingerprint density at radius 2 is 1.85 bits per heavy atom. The van der Waals surface area contributed by atoms with Crippen molar-refractivity contribution >= 4 is 10.9 Å². The van der Waals surface area contributed by atoms with Gasteiger partial charge in [0.15, 0.2) is 0 Å². The molecular formula is C22H21N3O2. The summed E-state index contributed by atoms with van der Waals surface area (Å²) < 4.78 is 5.56. The first-order chi connectivity index (χ1) is 13.2. The topological polar surface area (TPSA) is 77.9 Å². The van der Waals surface area contributed by atoms with Crippen LogP contribution in [-0.4, -0.2) is 18.2 Å². The Hall–Kier alpha value is -2.94. The number of nitriles is 1. The van der Waals surface area contributed by atoms with E-state index in [9.17, 15) is 4.79 Å². The molecule has 0 unspecified atom stereocenters. The number of nitrogens with zero attached hydrogens (tertiary/aromatic N) is 1. The molecule has 0 atom stereocenters. The van der Waals surface area contributed by atoms with Gasteiger partial charge >= 0.3 is 0 Å². The van der Waals surface area contributed by atoms with E-state index >= 15 is 0 Å². The van der Waals surface area contributed by atoms with Gasteiger partial charge in [0.05, 0.1) is 11.6 Å². The van der Waals surface area contributed by atoms with E-state index in [2.05, 4.69) is 16.4 Å². The van der Waals surface area contributed by atoms with Crippen LogP contribution in [0, 0.1) is 11.3 Å². The Morgan fingerprint density at radius 1 is 1.11 bits per heavy atom. The van der Waals surface area contributed by atoms with Gasteiger partial charge in [-0.3, -0.25) is 4.79 Å². The number of aromatic amines is 1. The molecule has 0 spiro atoms. The molecule has 27 heavy (non-hydrogen) atoms. The molecule has 0 saturated carbocycles. The van der Waals surface area contributed by atoms with Crippen LogP contribution in [0.25, 0.3) is 10.9 Å². The summed E-state index contributed by atoms with van der Waals surface area (Å²) in [7, 11) is 0. The SMILES string of the molecule is N#Cc1ccc(C2(NCc3cc4ccccc4[nH]c3=O)CCOCC2)cc1. The number of aromatic nitrogens is 1. The zero-order chi connectivity index (χ0) is 18.7. The molecule has 1 saturated heterocycles. The number of hydrogen-bond acceptors (Lipinski definition) is 4. The van der Waals surface area contributed by atoms with Crippen molar-refractivity contribution in [2.24, 2.45) is 0 Å². The smallest absolute Gasteiger partial charge is 0.252 e. The molecule has 0 bridgehead atoms.